The van der Waals surface area contributed by atoms with Crippen molar-refractivity contribution >= 4 is 11.8 Å². The molecule has 2 unspecified atom stereocenters. The summed E-state index contributed by atoms with van der Waals surface area (Å²) in [6.07, 6.45) is 6.19. The SMILES string of the molecule is CCC1CNC(C(C)(C)C)CN1CCCCSC. The molecule has 1 aliphatic heterocycles. The summed E-state index contributed by atoms with van der Waals surface area (Å²) in [6.45, 7) is 13.0. The molecule has 1 N–H and O–H groups in total. The van der Waals surface area contributed by atoms with Crippen molar-refractivity contribution < 1.29 is 0 Å². The highest BCUT2D eigenvalue weighted by Crippen LogP contribution is 2.24. The lowest BCUT2D eigenvalue weighted by atomic mass is 9.84. The third-order valence-corrected chi connectivity index (χ3v) is 4.79. The highest BCUT2D eigenvalue weighted by molar-refractivity contribution is 7.98. The van der Waals surface area contributed by atoms with E-state index in [1.54, 1.807) is 0 Å². The van der Waals surface area contributed by atoms with Crippen LogP contribution in [0.15, 0.2) is 0 Å². The topological polar surface area (TPSA) is 15.3 Å². The Morgan fingerprint density at radius 1 is 1.28 bits per heavy atom. The van der Waals surface area contributed by atoms with Gasteiger partial charge in [0.05, 0.1) is 0 Å². The van der Waals surface area contributed by atoms with E-state index in [2.05, 4.69) is 44.2 Å². The molecule has 1 heterocycles. The number of rotatable bonds is 6. The minimum Gasteiger partial charge on any atom is -0.311 e. The molecule has 0 aromatic carbocycles. The molecule has 0 aromatic heterocycles. The minimum absolute atomic E-state index is 0.371. The molecule has 1 saturated heterocycles. The molecule has 0 amide bonds. The van der Waals surface area contributed by atoms with Crippen molar-refractivity contribution in [2.75, 3.05) is 31.6 Å². The van der Waals surface area contributed by atoms with Crippen LogP contribution in [0.25, 0.3) is 0 Å². The van der Waals surface area contributed by atoms with Crippen LogP contribution in [0.2, 0.25) is 0 Å². The van der Waals surface area contributed by atoms with E-state index in [4.69, 9.17) is 0 Å². The van der Waals surface area contributed by atoms with E-state index in [1.807, 2.05) is 11.8 Å². The summed E-state index contributed by atoms with van der Waals surface area (Å²) >= 11 is 1.97. The number of piperazine rings is 1. The van der Waals surface area contributed by atoms with Gasteiger partial charge in [0.2, 0.25) is 0 Å². The van der Waals surface area contributed by atoms with Gasteiger partial charge in [0.1, 0.15) is 0 Å². The van der Waals surface area contributed by atoms with Crippen LogP contribution < -0.4 is 5.32 Å². The zero-order valence-corrected chi connectivity index (χ0v) is 13.8. The van der Waals surface area contributed by atoms with Gasteiger partial charge in [-0.15, -0.1) is 0 Å². The molecule has 0 bridgehead atoms. The molecule has 108 valence electrons. The lowest BCUT2D eigenvalue weighted by Gasteiger charge is -2.45. The number of hydrogen-bond acceptors (Lipinski definition) is 3. The Balaban J connectivity index is 2.43. The maximum absolute atomic E-state index is 3.75. The van der Waals surface area contributed by atoms with Crippen molar-refractivity contribution in [2.45, 2.75) is 59.0 Å². The van der Waals surface area contributed by atoms with Gasteiger partial charge in [-0.25, -0.2) is 0 Å². The fraction of sp³-hybridized carbons (Fsp3) is 1.00. The molecule has 0 saturated carbocycles. The van der Waals surface area contributed by atoms with Gasteiger partial charge in [-0.1, -0.05) is 27.7 Å². The number of unbranched alkanes of at least 4 members (excludes halogenated alkanes) is 1. The zero-order chi connectivity index (χ0) is 13.6. The highest BCUT2D eigenvalue weighted by atomic mass is 32.2. The van der Waals surface area contributed by atoms with Crippen LogP contribution in [-0.4, -0.2) is 48.6 Å². The number of hydrogen-bond donors (Lipinski definition) is 1. The average molecular weight is 273 g/mol. The second-order valence-corrected chi connectivity index (χ2v) is 7.57. The quantitative estimate of drug-likeness (QED) is 0.747. The Kier molecular flexibility index (Phi) is 7.04. The van der Waals surface area contributed by atoms with Crippen molar-refractivity contribution in [3.05, 3.63) is 0 Å². The third-order valence-electron chi connectivity index (χ3n) is 4.09. The van der Waals surface area contributed by atoms with Crippen LogP contribution in [-0.2, 0) is 0 Å². The van der Waals surface area contributed by atoms with E-state index in [0.717, 1.165) is 6.04 Å². The Morgan fingerprint density at radius 2 is 2.00 bits per heavy atom. The van der Waals surface area contributed by atoms with Crippen molar-refractivity contribution in [1.29, 1.82) is 0 Å². The molecule has 18 heavy (non-hydrogen) atoms. The van der Waals surface area contributed by atoms with Crippen molar-refractivity contribution in [3.63, 3.8) is 0 Å². The Hall–Kier alpha value is 0.270. The summed E-state index contributed by atoms with van der Waals surface area (Å²) < 4.78 is 0. The highest BCUT2D eigenvalue weighted by Gasteiger charge is 2.32. The second kappa shape index (κ2) is 7.76. The third kappa shape index (κ3) is 5.10. The fourth-order valence-corrected chi connectivity index (χ4v) is 3.17. The summed E-state index contributed by atoms with van der Waals surface area (Å²) in [4.78, 5) is 2.73. The molecule has 3 heteroatoms. The van der Waals surface area contributed by atoms with E-state index in [-0.39, 0.29) is 0 Å². The molecular formula is C15H32N2S. The molecule has 0 aliphatic carbocycles. The van der Waals surface area contributed by atoms with E-state index in [0.29, 0.717) is 11.5 Å². The normalized spacial score (nSPS) is 26.5. The first-order valence-corrected chi connectivity index (χ1v) is 8.84. The second-order valence-electron chi connectivity index (χ2n) is 6.58. The van der Waals surface area contributed by atoms with Gasteiger partial charge < -0.3 is 5.32 Å². The maximum Gasteiger partial charge on any atom is 0.0244 e. The smallest absolute Gasteiger partial charge is 0.0244 e. The lowest BCUT2D eigenvalue weighted by Crippen LogP contribution is -2.60. The van der Waals surface area contributed by atoms with Crippen molar-refractivity contribution in [2.24, 2.45) is 5.41 Å². The zero-order valence-electron chi connectivity index (χ0n) is 13.0. The van der Waals surface area contributed by atoms with Crippen LogP contribution in [0.1, 0.15) is 47.0 Å². The monoisotopic (exact) mass is 272 g/mol. The van der Waals surface area contributed by atoms with E-state index >= 15 is 0 Å². The summed E-state index contributed by atoms with van der Waals surface area (Å²) in [5.74, 6) is 1.31. The van der Waals surface area contributed by atoms with Crippen molar-refractivity contribution in [3.8, 4) is 0 Å². The van der Waals surface area contributed by atoms with Gasteiger partial charge in [0, 0.05) is 25.2 Å². The van der Waals surface area contributed by atoms with Gasteiger partial charge in [-0.05, 0) is 43.2 Å². The average Bonchev–Trinajstić information content (AvgIpc) is 2.33. The Morgan fingerprint density at radius 3 is 2.56 bits per heavy atom. The summed E-state index contributed by atoms with van der Waals surface area (Å²) in [7, 11) is 0. The maximum atomic E-state index is 3.75. The molecular weight excluding hydrogens is 240 g/mol. The van der Waals surface area contributed by atoms with E-state index in [1.165, 1.54) is 44.6 Å². The summed E-state index contributed by atoms with van der Waals surface area (Å²) in [6, 6.07) is 1.39. The van der Waals surface area contributed by atoms with E-state index in [9.17, 15) is 0 Å². The summed E-state index contributed by atoms with van der Waals surface area (Å²) in [5, 5.41) is 3.75. The molecule has 0 spiro atoms. The molecule has 2 nitrogen and oxygen atoms in total. The number of nitrogens with zero attached hydrogens (tertiary/aromatic N) is 1. The number of thioether (sulfide) groups is 1. The van der Waals surface area contributed by atoms with E-state index < -0.39 is 0 Å². The predicted octanol–water partition coefficient (Wildman–Crippen LogP) is 3.23. The van der Waals surface area contributed by atoms with Gasteiger partial charge in [0.25, 0.3) is 0 Å². The number of nitrogens with one attached hydrogen (secondary N) is 1. The minimum atomic E-state index is 0.371. The first kappa shape index (κ1) is 16.3. The van der Waals surface area contributed by atoms with Crippen LogP contribution in [0.3, 0.4) is 0 Å². The van der Waals surface area contributed by atoms with Crippen LogP contribution in [0, 0.1) is 5.41 Å². The molecule has 0 radical (unpaired) electrons. The first-order valence-electron chi connectivity index (χ1n) is 7.45. The standard InChI is InChI=1S/C15H32N2S/c1-6-13-11-16-14(15(2,3)4)12-17(13)9-7-8-10-18-5/h13-14,16H,6-12H2,1-5H3. The largest absolute Gasteiger partial charge is 0.311 e. The molecule has 1 aliphatic rings. The van der Waals surface area contributed by atoms with Gasteiger partial charge in [-0.2, -0.15) is 11.8 Å². The fourth-order valence-electron chi connectivity index (χ4n) is 2.67. The Bertz CT molecular complexity index is 225. The van der Waals surface area contributed by atoms with Crippen LogP contribution >= 0.6 is 11.8 Å². The van der Waals surface area contributed by atoms with Crippen molar-refractivity contribution in [1.82, 2.24) is 10.2 Å². The first-order chi connectivity index (χ1) is 8.49. The van der Waals surface area contributed by atoms with Crippen LogP contribution in [0.4, 0.5) is 0 Å². The molecule has 0 aromatic rings. The molecule has 1 fully saturated rings. The van der Waals surface area contributed by atoms with Gasteiger partial charge in [-0.3, -0.25) is 4.90 Å². The lowest BCUT2D eigenvalue weighted by molar-refractivity contribution is 0.0825. The Labute approximate surface area is 118 Å². The van der Waals surface area contributed by atoms with Gasteiger partial charge >= 0.3 is 0 Å². The predicted molar refractivity (Wildman–Crippen MR) is 84.5 cm³/mol. The summed E-state index contributed by atoms with van der Waals surface area (Å²) in [5.41, 5.74) is 0.371. The van der Waals surface area contributed by atoms with Crippen LogP contribution in [0.5, 0.6) is 0 Å². The van der Waals surface area contributed by atoms with Gasteiger partial charge in [0.15, 0.2) is 0 Å². The molecule has 2 atom stereocenters. The molecule has 1 rings (SSSR count).